The molecule has 0 unspecified atom stereocenters. The van der Waals surface area contributed by atoms with Crippen molar-refractivity contribution >= 4 is 50.1 Å². The molecule has 0 saturated carbocycles. The fraction of sp³-hybridized carbons (Fsp3) is 0.0870. The number of benzene rings is 3. The van der Waals surface area contributed by atoms with Crippen LogP contribution >= 0.6 is 27.7 Å². The maximum atomic E-state index is 12.4. The molecule has 3 aromatic carbocycles. The van der Waals surface area contributed by atoms with Gasteiger partial charge in [0.15, 0.2) is 5.82 Å². The number of carbonyl (C=O) groups excluding carboxylic acids is 1. The Bertz CT molecular complexity index is 1200. The van der Waals surface area contributed by atoms with E-state index in [1.54, 1.807) is 10.8 Å². The molecule has 0 aliphatic heterocycles. The van der Waals surface area contributed by atoms with E-state index in [9.17, 15) is 4.79 Å². The van der Waals surface area contributed by atoms with Crippen LogP contribution in [0, 0.1) is 0 Å². The molecule has 1 aromatic heterocycles. The van der Waals surface area contributed by atoms with Gasteiger partial charge >= 0.3 is 0 Å². The second kappa shape index (κ2) is 9.28. The van der Waals surface area contributed by atoms with Crippen LogP contribution in [0.4, 0.5) is 5.69 Å². The molecule has 1 heterocycles. The Morgan fingerprint density at radius 2 is 1.87 bits per heavy atom. The Labute approximate surface area is 187 Å². The van der Waals surface area contributed by atoms with Gasteiger partial charge in [0, 0.05) is 15.7 Å². The van der Waals surface area contributed by atoms with Gasteiger partial charge in [-0.3, -0.25) is 4.79 Å². The number of thioether (sulfide) groups is 1. The van der Waals surface area contributed by atoms with Crippen LogP contribution in [-0.2, 0) is 11.3 Å². The zero-order valence-electron chi connectivity index (χ0n) is 16.1. The Morgan fingerprint density at radius 1 is 1.10 bits per heavy atom. The first-order chi connectivity index (χ1) is 14.6. The summed E-state index contributed by atoms with van der Waals surface area (Å²) in [5.41, 5.74) is 1.74. The summed E-state index contributed by atoms with van der Waals surface area (Å²) in [5.74, 6) is 0.880. The first-order valence-electron chi connectivity index (χ1n) is 9.35. The maximum absolute atomic E-state index is 12.4. The van der Waals surface area contributed by atoms with E-state index in [0.29, 0.717) is 11.7 Å². The molecule has 5 nitrogen and oxygen atoms in total. The fourth-order valence-corrected chi connectivity index (χ4v) is 3.94. The highest BCUT2D eigenvalue weighted by atomic mass is 79.9. The molecular weight excluding hydrogens is 460 g/mol. The molecule has 1 amide bonds. The molecule has 0 bridgehead atoms. The van der Waals surface area contributed by atoms with Gasteiger partial charge in [-0.15, -0.1) is 11.7 Å². The van der Waals surface area contributed by atoms with E-state index in [4.69, 9.17) is 0 Å². The molecule has 0 spiro atoms. The van der Waals surface area contributed by atoms with Crippen molar-refractivity contribution in [3.05, 3.63) is 83.9 Å². The fourth-order valence-electron chi connectivity index (χ4n) is 3.04. The summed E-state index contributed by atoms with van der Waals surface area (Å²) in [6, 6.07) is 21.8. The largest absolute Gasteiger partial charge is 0.325 e. The average molecular weight is 479 g/mol. The lowest BCUT2D eigenvalue weighted by Crippen LogP contribution is -2.14. The van der Waals surface area contributed by atoms with Gasteiger partial charge in [0.2, 0.25) is 11.1 Å². The number of allylic oxidation sites excluding steroid dienone is 1. The van der Waals surface area contributed by atoms with Crippen molar-refractivity contribution in [2.24, 2.45) is 0 Å². The number of hydrogen-bond donors (Lipinski definition) is 1. The normalized spacial score (nSPS) is 10.8. The summed E-state index contributed by atoms with van der Waals surface area (Å²) in [7, 11) is 0. The van der Waals surface area contributed by atoms with Gasteiger partial charge < -0.3 is 5.32 Å². The van der Waals surface area contributed by atoms with Crippen molar-refractivity contribution in [2.75, 3.05) is 11.1 Å². The molecular formula is C23H19BrN4OS. The minimum absolute atomic E-state index is 0.0967. The van der Waals surface area contributed by atoms with Crippen LogP contribution in [0.3, 0.4) is 0 Å². The number of hydrogen-bond acceptors (Lipinski definition) is 4. The Kier molecular flexibility index (Phi) is 6.30. The smallest absolute Gasteiger partial charge is 0.234 e. The quantitative estimate of drug-likeness (QED) is 0.270. The van der Waals surface area contributed by atoms with E-state index in [2.05, 4.69) is 37.9 Å². The second-order valence-electron chi connectivity index (χ2n) is 6.59. The maximum Gasteiger partial charge on any atom is 0.234 e. The van der Waals surface area contributed by atoms with Gasteiger partial charge in [0.05, 0.1) is 12.3 Å². The molecule has 4 aromatic rings. The summed E-state index contributed by atoms with van der Waals surface area (Å²) in [6.07, 6.45) is 1.78. The molecule has 7 heteroatoms. The van der Waals surface area contributed by atoms with Crippen molar-refractivity contribution in [1.29, 1.82) is 0 Å². The summed E-state index contributed by atoms with van der Waals surface area (Å²) in [4.78, 5) is 17.1. The van der Waals surface area contributed by atoms with Gasteiger partial charge in [-0.05, 0) is 35.0 Å². The number of rotatable bonds is 7. The van der Waals surface area contributed by atoms with Crippen molar-refractivity contribution in [3.8, 4) is 11.4 Å². The number of amides is 1. The Balaban J connectivity index is 1.44. The number of aromatic nitrogens is 3. The number of halogens is 1. The number of anilines is 1. The second-order valence-corrected chi connectivity index (χ2v) is 8.45. The molecule has 0 saturated heterocycles. The molecule has 1 N–H and O–H groups in total. The van der Waals surface area contributed by atoms with Gasteiger partial charge in [-0.1, -0.05) is 76.2 Å². The van der Waals surface area contributed by atoms with Crippen molar-refractivity contribution < 1.29 is 4.79 Å². The minimum atomic E-state index is -0.0967. The zero-order valence-corrected chi connectivity index (χ0v) is 18.5. The zero-order chi connectivity index (χ0) is 20.9. The highest BCUT2D eigenvalue weighted by Gasteiger charge is 2.13. The molecule has 4 rings (SSSR count). The van der Waals surface area contributed by atoms with Crippen molar-refractivity contribution in [3.63, 3.8) is 0 Å². The average Bonchev–Trinajstić information content (AvgIpc) is 3.16. The van der Waals surface area contributed by atoms with Crippen LogP contribution in [0.1, 0.15) is 0 Å². The molecule has 150 valence electrons. The molecule has 0 fully saturated rings. The summed E-state index contributed by atoms with van der Waals surface area (Å²) in [6.45, 7) is 4.33. The van der Waals surface area contributed by atoms with Crippen LogP contribution in [0.5, 0.6) is 0 Å². The number of fused-ring (bicyclic) bond motifs is 1. The van der Waals surface area contributed by atoms with E-state index in [1.165, 1.54) is 11.8 Å². The Morgan fingerprint density at radius 3 is 2.63 bits per heavy atom. The third kappa shape index (κ3) is 4.80. The third-order valence-corrected chi connectivity index (χ3v) is 5.79. The van der Waals surface area contributed by atoms with Gasteiger partial charge in [-0.2, -0.15) is 0 Å². The minimum Gasteiger partial charge on any atom is -0.325 e. The highest BCUT2D eigenvalue weighted by Crippen LogP contribution is 2.24. The third-order valence-electron chi connectivity index (χ3n) is 4.42. The number of carbonyl (C=O) groups is 1. The first-order valence-corrected chi connectivity index (χ1v) is 11.1. The van der Waals surface area contributed by atoms with Crippen molar-refractivity contribution in [1.82, 2.24) is 14.8 Å². The lowest BCUT2D eigenvalue weighted by Gasteiger charge is -2.05. The van der Waals surface area contributed by atoms with Gasteiger partial charge in [0.1, 0.15) is 0 Å². The van der Waals surface area contributed by atoms with E-state index >= 15 is 0 Å². The Hall–Kier alpha value is -2.90. The lowest BCUT2D eigenvalue weighted by atomic mass is 10.1. The number of nitrogens with one attached hydrogen (secondary N) is 1. The molecule has 0 radical (unpaired) electrons. The predicted octanol–water partition coefficient (Wildman–Crippen LogP) is 5.78. The molecule has 0 atom stereocenters. The van der Waals surface area contributed by atoms with E-state index in [-0.39, 0.29) is 11.7 Å². The summed E-state index contributed by atoms with van der Waals surface area (Å²) in [5, 5.41) is 10.3. The monoisotopic (exact) mass is 478 g/mol. The van der Waals surface area contributed by atoms with Crippen molar-refractivity contribution in [2.45, 2.75) is 11.7 Å². The summed E-state index contributed by atoms with van der Waals surface area (Å²) < 4.78 is 2.79. The van der Waals surface area contributed by atoms with Crippen LogP contribution in [-0.4, -0.2) is 26.4 Å². The van der Waals surface area contributed by atoms with Crippen LogP contribution < -0.4 is 5.32 Å². The molecule has 30 heavy (non-hydrogen) atoms. The van der Waals surface area contributed by atoms with Crippen LogP contribution in [0.15, 0.2) is 89.0 Å². The lowest BCUT2D eigenvalue weighted by molar-refractivity contribution is -0.113. The molecule has 0 aliphatic carbocycles. The topological polar surface area (TPSA) is 59.8 Å². The van der Waals surface area contributed by atoms with E-state index in [0.717, 1.165) is 32.3 Å². The van der Waals surface area contributed by atoms with Crippen LogP contribution in [0.25, 0.3) is 22.2 Å². The number of nitrogens with zero attached hydrogens (tertiary/aromatic N) is 3. The standard InChI is InChI=1S/C23H19BrN4OS/c1-2-13-28-22(17-7-10-19(24)11-8-17)26-23(27-28)30-15-21(29)25-20-12-9-16-5-3-4-6-18(16)14-20/h2-12,14H,1,13,15H2,(H,25,29). The summed E-state index contributed by atoms with van der Waals surface area (Å²) >= 11 is 4.76. The SMILES string of the molecule is C=CCn1nc(SCC(=O)Nc2ccc3ccccc3c2)nc1-c1ccc(Br)cc1. The van der Waals surface area contributed by atoms with Gasteiger partial charge in [-0.25, -0.2) is 9.67 Å². The molecule has 0 aliphatic rings. The van der Waals surface area contributed by atoms with E-state index < -0.39 is 0 Å². The first kappa shape index (κ1) is 20.4. The predicted molar refractivity (Wildman–Crippen MR) is 127 cm³/mol. The highest BCUT2D eigenvalue weighted by molar-refractivity contribution is 9.10. The van der Waals surface area contributed by atoms with E-state index in [1.807, 2.05) is 66.7 Å². The van der Waals surface area contributed by atoms with Crippen LogP contribution in [0.2, 0.25) is 0 Å². The van der Waals surface area contributed by atoms with Gasteiger partial charge in [0.25, 0.3) is 0 Å².